The third-order valence-corrected chi connectivity index (χ3v) is 3.39. The summed E-state index contributed by atoms with van der Waals surface area (Å²) in [4.78, 5) is 12.3. The summed E-state index contributed by atoms with van der Waals surface area (Å²) in [5.74, 6) is 0.379. The van der Waals surface area contributed by atoms with Gasteiger partial charge in [-0.25, -0.2) is 0 Å². The minimum Gasteiger partial charge on any atom is -0.495 e. The summed E-state index contributed by atoms with van der Waals surface area (Å²) in [5.41, 5.74) is 7.43. The molecule has 3 N–H and O–H groups in total. The van der Waals surface area contributed by atoms with Crippen molar-refractivity contribution in [2.24, 2.45) is 0 Å². The molecule has 0 saturated carbocycles. The zero-order chi connectivity index (χ0) is 14.7. The summed E-state index contributed by atoms with van der Waals surface area (Å²) in [7, 11) is 1.56. The topological polar surface area (TPSA) is 69.3 Å². The highest BCUT2D eigenvalue weighted by molar-refractivity contribution is 9.10. The predicted octanol–water partition coefficient (Wildman–Crippen LogP) is 3.11. The van der Waals surface area contributed by atoms with Gasteiger partial charge in [-0.05, 0) is 31.2 Å². The van der Waals surface area contributed by atoms with E-state index in [0.717, 1.165) is 4.47 Å². The summed E-state index contributed by atoms with van der Waals surface area (Å²) < 4.78 is 7.89. The third-order valence-electron chi connectivity index (χ3n) is 2.90. The molecule has 2 rings (SSSR count). The number of ether oxygens (including phenoxy) is 1. The highest BCUT2D eigenvalue weighted by atomic mass is 79.9. The van der Waals surface area contributed by atoms with Crippen LogP contribution in [0.15, 0.2) is 34.9 Å². The number of carbonyl (C=O) groups is 1. The number of hydrogen-bond acceptors (Lipinski definition) is 3. The van der Waals surface area contributed by atoms with Crippen molar-refractivity contribution in [2.75, 3.05) is 18.2 Å². The molecule has 0 spiro atoms. The number of anilines is 2. The van der Waals surface area contributed by atoms with Crippen LogP contribution in [0.3, 0.4) is 0 Å². The molecule has 0 aliphatic heterocycles. The Morgan fingerprint density at radius 1 is 1.45 bits per heavy atom. The number of methoxy groups -OCH3 is 1. The van der Waals surface area contributed by atoms with Crippen molar-refractivity contribution in [2.45, 2.75) is 13.5 Å². The Morgan fingerprint density at radius 2 is 2.20 bits per heavy atom. The van der Waals surface area contributed by atoms with Gasteiger partial charge in [-0.15, -0.1) is 0 Å². The van der Waals surface area contributed by atoms with Crippen LogP contribution in [0, 0.1) is 0 Å². The van der Waals surface area contributed by atoms with Crippen molar-refractivity contribution >= 4 is 33.2 Å². The van der Waals surface area contributed by atoms with Gasteiger partial charge in [0.05, 0.1) is 18.5 Å². The van der Waals surface area contributed by atoms with E-state index in [0.29, 0.717) is 29.4 Å². The average molecular weight is 338 g/mol. The van der Waals surface area contributed by atoms with Crippen LogP contribution in [0.5, 0.6) is 5.75 Å². The number of hydrogen-bond donors (Lipinski definition) is 2. The predicted molar refractivity (Wildman–Crippen MR) is 83.2 cm³/mol. The number of nitrogen functional groups attached to an aromatic ring is 1. The fourth-order valence-electron chi connectivity index (χ4n) is 1.95. The first kappa shape index (κ1) is 14.5. The minimum absolute atomic E-state index is 0.222. The molecule has 0 radical (unpaired) electrons. The molecule has 5 nitrogen and oxygen atoms in total. The van der Waals surface area contributed by atoms with E-state index in [1.807, 2.05) is 13.0 Å². The lowest BCUT2D eigenvalue weighted by atomic mass is 10.2. The Hall–Kier alpha value is -1.95. The first-order valence-corrected chi connectivity index (χ1v) is 6.95. The molecular formula is C14H16BrN3O2. The monoisotopic (exact) mass is 337 g/mol. The minimum atomic E-state index is -0.222. The van der Waals surface area contributed by atoms with Gasteiger partial charge in [0.25, 0.3) is 5.91 Å². The lowest BCUT2D eigenvalue weighted by molar-refractivity contribution is 0.101. The SMILES string of the molecule is CCn1cc(N)cc1C(=O)Nc1cc(Br)ccc1OC. The molecule has 0 saturated heterocycles. The second-order valence-electron chi connectivity index (χ2n) is 4.24. The van der Waals surface area contributed by atoms with Gasteiger partial charge in [0.1, 0.15) is 11.4 Å². The number of nitrogens with two attached hydrogens (primary N) is 1. The van der Waals surface area contributed by atoms with Crippen molar-refractivity contribution in [3.05, 3.63) is 40.6 Å². The summed E-state index contributed by atoms with van der Waals surface area (Å²) in [6.07, 6.45) is 1.74. The van der Waals surface area contributed by atoms with Crippen LogP contribution < -0.4 is 15.8 Å². The molecule has 0 aliphatic carbocycles. The number of halogens is 1. The van der Waals surface area contributed by atoms with Gasteiger partial charge in [-0.2, -0.15) is 0 Å². The van der Waals surface area contributed by atoms with E-state index in [9.17, 15) is 4.79 Å². The van der Waals surface area contributed by atoms with Crippen LogP contribution in [0.2, 0.25) is 0 Å². The number of rotatable bonds is 4. The number of benzene rings is 1. The molecule has 1 aromatic heterocycles. The third kappa shape index (κ3) is 2.96. The zero-order valence-corrected chi connectivity index (χ0v) is 12.9. The molecule has 1 heterocycles. The molecule has 0 aliphatic rings. The van der Waals surface area contributed by atoms with Gasteiger partial charge < -0.3 is 20.4 Å². The van der Waals surface area contributed by atoms with Crippen LogP contribution in [0.4, 0.5) is 11.4 Å². The van der Waals surface area contributed by atoms with Gasteiger partial charge in [-0.3, -0.25) is 4.79 Å². The molecule has 6 heteroatoms. The van der Waals surface area contributed by atoms with E-state index < -0.39 is 0 Å². The first-order valence-electron chi connectivity index (χ1n) is 6.15. The number of amides is 1. The smallest absolute Gasteiger partial charge is 0.272 e. The second kappa shape index (κ2) is 6.00. The molecule has 1 amide bonds. The number of carbonyl (C=O) groups excluding carboxylic acids is 1. The lowest BCUT2D eigenvalue weighted by Gasteiger charge is -2.11. The molecule has 0 bridgehead atoms. The standard InChI is InChI=1S/C14H16BrN3O2/c1-3-18-8-10(16)7-12(18)14(19)17-11-6-9(15)4-5-13(11)20-2/h4-8H,3,16H2,1-2H3,(H,17,19). The maximum atomic E-state index is 12.3. The average Bonchev–Trinajstić information content (AvgIpc) is 2.80. The zero-order valence-electron chi connectivity index (χ0n) is 11.3. The van der Waals surface area contributed by atoms with Crippen LogP contribution >= 0.6 is 15.9 Å². The van der Waals surface area contributed by atoms with E-state index in [1.54, 1.807) is 36.1 Å². The normalized spacial score (nSPS) is 10.3. The van der Waals surface area contributed by atoms with Crippen molar-refractivity contribution in [1.29, 1.82) is 0 Å². The Kier molecular flexibility index (Phi) is 4.34. The number of aromatic nitrogens is 1. The Balaban J connectivity index is 2.29. The Bertz CT molecular complexity index is 637. The fraction of sp³-hybridized carbons (Fsp3) is 0.214. The van der Waals surface area contributed by atoms with Crippen LogP contribution in [-0.4, -0.2) is 17.6 Å². The first-order chi connectivity index (χ1) is 9.55. The van der Waals surface area contributed by atoms with Gasteiger partial charge in [-0.1, -0.05) is 15.9 Å². The van der Waals surface area contributed by atoms with Crippen molar-refractivity contribution in [3.8, 4) is 5.75 Å². The van der Waals surface area contributed by atoms with Gasteiger partial charge in [0.2, 0.25) is 0 Å². The van der Waals surface area contributed by atoms with E-state index in [-0.39, 0.29) is 5.91 Å². The molecule has 0 atom stereocenters. The summed E-state index contributed by atoms with van der Waals surface area (Å²) in [5, 5.41) is 2.84. The Morgan fingerprint density at radius 3 is 2.85 bits per heavy atom. The highest BCUT2D eigenvalue weighted by Gasteiger charge is 2.14. The number of nitrogens with zero attached hydrogens (tertiary/aromatic N) is 1. The largest absolute Gasteiger partial charge is 0.495 e. The summed E-state index contributed by atoms with van der Waals surface area (Å²) in [6, 6.07) is 7.08. The number of nitrogens with one attached hydrogen (secondary N) is 1. The highest BCUT2D eigenvalue weighted by Crippen LogP contribution is 2.28. The van der Waals surface area contributed by atoms with Crippen molar-refractivity contribution in [3.63, 3.8) is 0 Å². The van der Waals surface area contributed by atoms with E-state index in [2.05, 4.69) is 21.2 Å². The molecule has 0 unspecified atom stereocenters. The summed E-state index contributed by atoms with van der Waals surface area (Å²) >= 11 is 3.37. The second-order valence-corrected chi connectivity index (χ2v) is 5.16. The van der Waals surface area contributed by atoms with Crippen LogP contribution in [0.1, 0.15) is 17.4 Å². The molecule has 0 fully saturated rings. The van der Waals surface area contributed by atoms with Crippen LogP contribution in [0.25, 0.3) is 0 Å². The van der Waals surface area contributed by atoms with Gasteiger partial charge >= 0.3 is 0 Å². The van der Waals surface area contributed by atoms with Crippen molar-refractivity contribution < 1.29 is 9.53 Å². The molecule has 106 valence electrons. The van der Waals surface area contributed by atoms with Crippen LogP contribution in [-0.2, 0) is 6.54 Å². The fourth-order valence-corrected chi connectivity index (χ4v) is 2.31. The van der Waals surface area contributed by atoms with Gasteiger partial charge in [0, 0.05) is 17.2 Å². The summed E-state index contributed by atoms with van der Waals surface area (Å²) in [6.45, 7) is 2.63. The maximum Gasteiger partial charge on any atom is 0.272 e. The lowest BCUT2D eigenvalue weighted by Crippen LogP contribution is -2.16. The Labute approximate surface area is 125 Å². The van der Waals surface area contributed by atoms with Gasteiger partial charge in [0.15, 0.2) is 0 Å². The molecule has 2 aromatic rings. The quantitative estimate of drug-likeness (QED) is 0.900. The number of aryl methyl sites for hydroxylation is 1. The van der Waals surface area contributed by atoms with E-state index in [1.165, 1.54) is 0 Å². The molecule has 20 heavy (non-hydrogen) atoms. The maximum absolute atomic E-state index is 12.3. The molecule has 1 aromatic carbocycles. The van der Waals surface area contributed by atoms with E-state index >= 15 is 0 Å². The van der Waals surface area contributed by atoms with E-state index in [4.69, 9.17) is 10.5 Å². The van der Waals surface area contributed by atoms with Crippen molar-refractivity contribution in [1.82, 2.24) is 4.57 Å². The molecular weight excluding hydrogens is 322 g/mol.